The van der Waals surface area contributed by atoms with Gasteiger partial charge < -0.3 is 9.84 Å². The molecular formula is C11H16O3. The minimum atomic E-state index is -0.730. The lowest BCUT2D eigenvalue weighted by Gasteiger charge is -2.07. The van der Waals surface area contributed by atoms with Crippen LogP contribution in [-0.4, -0.2) is 23.8 Å². The van der Waals surface area contributed by atoms with Crippen molar-refractivity contribution < 1.29 is 14.6 Å². The lowest BCUT2D eigenvalue weighted by atomic mass is 10.2. The van der Waals surface area contributed by atoms with Gasteiger partial charge in [-0.1, -0.05) is 24.3 Å². The second-order valence-corrected chi connectivity index (χ2v) is 3.30. The van der Waals surface area contributed by atoms with Crippen LogP contribution in [0, 0.1) is 0 Å². The third-order valence-electron chi connectivity index (χ3n) is 1.98. The molecule has 0 radical (unpaired) electrons. The molecule has 0 aromatic rings. The Morgan fingerprint density at radius 1 is 1.36 bits per heavy atom. The minimum Gasteiger partial charge on any atom is -0.466 e. The first-order valence-corrected chi connectivity index (χ1v) is 4.96. The summed E-state index contributed by atoms with van der Waals surface area (Å²) in [6.07, 6.45) is 9.52. The normalized spacial score (nSPS) is 29.5. The molecule has 1 heterocycles. The highest BCUT2D eigenvalue weighted by atomic mass is 16.5. The highest BCUT2D eigenvalue weighted by Gasteiger charge is 2.08. The van der Waals surface area contributed by atoms with Gasteiger partial charge in [0, 0.05) is 0 Å². The zero-order valence-corrected chi connectivity index (χ0v) is 8.19. The second kappa shape index (κ2) is 6.38. The van der Waals surface area contributed by atoms with Crippen LogP contribution in [0.25, 0.3) is 0 Å². The van der Waals surface area contributed by atoms with Crippen molar-refractivity contribution in [2.45, 2.75) is 31.8 Å². The van der Waals surface area contributed by atoms with Crippen molar-refractivity contribution in [1.29, 1.82) is 0 Å². The summed E-state index contributed by atoms with van der Waals surface area (Å²) in [7, 11) is 0. The summed E-state index contributed by atoms with van der Waals surface area (Å²) in [5, 5.41) is 9.34. The molecule has 0 aromatic heterocycles. The number of hydrogen-bond acceptors (Lipinski definition) is 3. The molecule has 1 rings (SSSR count). The molecule has 0 saturated heterocycles. The zero-order chi connectivity index (χ0) is 10.2. The molecule has 0 bridgehead atoms. The smallest absolute Gasteiger partial charge is 0.308 e. The van der Waals surface area contributed by atoms with Crippen LogP contribution in [0.4, 0.5) is 0 Å². The van der Waals surface area contributed by atoms with Gasteiger partial charge in [0.2, 0.25) is 0 Å². The van der Waals surface area contributed by atoms with E-state index in [1.807, 2.05) is 12.2 Å². The van der Waals surface area contributed by atoms with E-state index in [1.165, 1.54) is 0 Å². The van der Waals surface area contributed by atoms with Gasteiger partial charge >= 0.3 is 5.97 Å². The summed E-state index contributed by atoms with van der Waals surface area (Å²) in [5.41, 5.74) is 0. The Morgan fingerprint density at radius 2 is 2.21 bits per heavy atom. The Balaban J connectivity index is 2.47. The summed E-state index contributed by atoms with van der Waals surface area (Å²) in [6.45, 7) is 0.461. The lowest BCUT2D eigenvalue weighted by Crippen LogP contribution is -2.14. The fourth-order valence-electron chi connectivity index (χ4n) is 1.22. The minimum absolute atomic E-state index is 0.0460. The highest BCUT2D eigenvalue weighted by molar-refractivity contribution is 5.70. The van der Waals surface area contributed by atoms with Crippen LogP contribution in [-0.2, 0) is 9.53 Å². The predicted molar refractivity (Wildman–Crippen MR) is 53.7 cm³/mol. The molecule has 1 aliphatic rings. The van der Waals surface area contributed by atoms with Crippen molar-refractivity contribution in [3.63, 3.8) is 0 Å². The predicted octanol–water partition coefficient (Wildman–Crippen LogP) is 1.58. The van der Waals surface area contributed by atoms with E-state index >= 15 is 0 Å². The zero-order valence-electron chi connectivity index (χ0n) is 8.19. The maximum atomic E-state index is 11.1. The van der Waals surface area contributed by atoms with Gasteiger partial charge in [0.15, 0.2) is 0 Å². The standard InChI is InChI=1S/C11H16O3/c12-10-7-5-3-1-2-4-6-8-14-11(13)9-10/h1,3,5,7,10,12H,2,4,6,8-9H2/b3-1-,7-5+. The van der Waals surface area contributed by atoms with Crippen LogP contribution in [0.5, 0.6) is 0 Å². The van der Waals surface area contributed by atoms with Crippen LogP contribution < -0.4 is 0 Å². The van der Waals surface area contributed by atoms with Crippen LogP contribution >= 0.6 is 0 Å². The number of carbonyl (C=O) groups excluding carboxylic acids is 1. The summed E-state index contributed by atoms with van der Waals surface area (Å²) in [5.74, 6) is -0.327. The highest BCUT2D eigenvalue weighted by Crippen LogP contribution is 2.03. The average Bonchev–Trinajstić information content (AvgIpc) is 2.13. The molecular weight excluding hydrogens is 180 g/mol. The number of aliphatic hydroxyl groups is 1. The van der Waals surface area contributed by atoms with Crippen molar-refractivity contribution >= 4 is 5.97 Å². The first kappa shape index (κ1) is 11.0. The molecule has 1 aliphatic heterocycles. The molecule has 14 heavy (non-hydrogen) atoms. The number of aliphatic hydroxyl groups excluding tert-OH is 1. The summed E-state index contributed by atoms with van der Waals surface area (Å²) in [4.78, 5) is 11.1. The van der Waals surface area contributed by atoms with Crippen LogP contribution in [0.1, 0.15) is 25.7 Å². The maximum Gasteiger partial charge on any atom is 0.308 e. The van der Waals surface area contributed by atoms with Gasteiger partial charge in [-0.05, 0) is 19.3 Å². The van der Waals surface area contributed by atoms with Crippen molar-refractivity contribution in [2.24, 2.45) is 0 Å². The van der Waals surface area contributed by atoms with E-state index in [0.29, 0.717) is 6.61 Å². The fraction of sp³-hybridized carbons (Fsp3) is 0.545. The third-order valence-corrected chi connectivity index (χ3v) is 1.98. The van der Waals surface area contributed by atoms with Crippen LogP contribution in [0.15, 0.2) is 24.3 Å². The molecule has 78 valence electrons. The number of hydrogen-bond donors (Lipinski definition) is 1. The van der Waals surface area contributed by atoms with E-state index in [1.54, 1.807) is 12.2 Å². The van der Waals surface area contributed by atoms with Crippen molar-refractivity contribution in [3.8, 4) is 0 Å². The molecule has 0 aliphatic carbocycles. The number of esters is 1. The third kappa shape index (κ3) is 4.82. The topological polar surface area (TPSA) is 46.5 Å². The van der Waals surface area contributed by atoms with Crippen LogP contribution in [0.3, 0.4) is 0 Å². The first-order chi connectivity index (χ1) is 6.79. The van der Waals surface area contributed by atoms with Crippen molar-refractivity contribution in [3.05, 3.63) is 24.3 Å². The number of ether oxygens (including phenoxy) is 1. The van der Waals surface area contributed by atoms with Gasteiger partial charge in [0.05, 0.1) is 19.1 Å². The Kier molecular flexibility index (Phi) is 5.00. The number of cyclic esters (lactones) is 1. The van der Waals surface area contributed by atoms with E-state index in [0.717, 1.165) is 19.3 Å². The van der Waals surface area contributed by atoms with Crippen molar-refractivity contribution in [2.75, 3.05) is 6.61 Å². The Hall–Kier alpha value is -1.09. The molecule has 0 spiro atoms. The molecule has 0 amide bonds. The van der Waals surface area contributed by atoms with E-state index in [9.17, 15) is 9.90 Å². The Bertz CT molecular complexity index is 231. The molecule has 0 aromatic carbocycles. The molecule has 3 nitrogen and oxygen atoms in total. The van der Waals surface area contributed by atoms with Gasteiger partial charge in [-0.3, -0.25) is 4.79 Å². The van der Waals surface area contributed by atoms with Gasteiger partial charge in [0.1, 0.15) is 0 Å². The molecule has 1 N–H and O–H groups in total. The van der Waals surface area contributed by atoms with Gasteiger partial charge in [-0.25, -0.2) is 0 Å². The quantitative estimate of drug-likeness (QED) is 0.598. The Morgan fingerprint density at radius 3 is 3.07 bits per heavy atom. The second-order valence-electron chi connectivity index (χ2n) is 3.30. The number of allylic oxidation sites excluding steroid dienone is 3. The molecule has 1 unspecified atom stereocenters. The SMILES string of the molecule is O=C1CC(O)/C=C/C=C\CCCCO1. The van der Waals surface area contributed by atoms with Crippen molar-refractivity contribution in [1.82, 2.24) is 0 Å². The molecule has 0 fully saturated rings. The van der Waals surface area contributed by atoms with E-state index in [4.69, 9.17) is 4.74 Å². The summed E-state index contributed by atoms with van der Waals surface area (Å²) >= 11 is 0. The van der Waals surface area contributed by atoms with Gasteiger partial charge in [-0.15, -0.1) is 0 Å². The molecule has 1 atom stereocenters. The van der Waals surface area contributed by atoms with E-state index in [-0.39, 0.29) is 12.4 Å². The Labute approximate surface area is 84.1 Å². The monoisotopic (exact) mass is 196 g/mol. The van der Waals surface area contributed by atoms with Gasteiger partial charge in [0.25, 0.3) is 0 Å². The average molecular weight is 196 g/mol. The molecule has 0 saturated carbocycles. The van der Waals surface area contributed by atoms with E-state index in [2.05, 4.69) is 0 Å². The fourth-order valence-corrected chi connectivity index (χ4v) is 1.22. The molecule has 3 heteroatoms. The van der Waals surface area contributed by atoms with Gasteiger partial charge in [-0.2, -0.15) is 0 Å². The summed E-state index contributed by atoms with van der Waals surface area (Å²) in [6, 6.07) is 0. The number of rotatable bonds is 0. The summed E-state index contributed by atoms with van der Waals surface area (Å²) < 4.78 is 4.93. The van der Waals surface area contributed by atoms with Crippen LogP contribution in [0.2, 0.25) is 0 Å². The van der Waals surface area contributed by atoms with E-state index < -0.39 is 6.10 Å². The number of carbonyl (C=O) groups is 1. The largest absolute Gasteiger partial charge is 0.466 e. The lowest BCUT2D eigenvalue weighted by molar-refractivity contribution is -0.145. The maximum absolute atomic E-state index is 11.1. The first-order valence-electron chi connectivity index (χ1n) is 4.96.